The summed E-state index contributed by atoms with van der Waals surface area (Å²) in [5, 5.41) is 3.61. The van der Waals surface area contributed by atoms with E-state index in [2.05, 4.69) is 44.8 Å². The molecule has 0 aliphatic rings. The molecular weight excluding hydrogens is 220 g/mol. The molecule has 2 heteroatoms. The molecule has 0 aliphatic heterocycles. The Kier molecular flexibility index (Phi) is 11.9. The molecule has 0 spiro atoms. The SMILES string of the molecule is CCCCN(CCCC)C(CNCCC)C(C)C. The molecule has 0 aliphatic carbocycles. The fourth-order valence-corrected chi connectivity index (χ4v) is 2.38. The van der Waals surface area contributed by atoms with Gasteiger partial charge in [0.1, 0.15) is 0 Å². The highest BCUT2D eigenvalue weighted by atomic mass is 15.2. The maximum Gasteiger partial charge on any atom is 0.0243 e. The van der Waals surface area contributed by atoms with E-state index in [1.807, 2.05) is 0 Å². The molecule has 0 rings (SSSR count). The molecule has 0 saturated carbocycles. The smallest absolute Gasteiger partial charge is 0.0243 e. The maximum absolute atomic E-state index is 3.61. The van der Waals surface area contributed by atoms with Gasteiger partial charge in [-0.25, -0.2) is 0 Å². The van der Waals surface area contributed by atoms with Crippen LogP contribution in [-0.4, -0.2) is 37.1 Å². The number of unbranched alkanes of at least 4 members (excludes halogenated alkanes) is 2. The van der Waals surface area contributed by atoms with E-state index in [0.717, 1.165) is 19.0 Å². The van der Waals surface area contributed by atoms with E-state index in [-0.39, 0.29) is 0 Å². The van der Waals surface area contributed by atoms with Crippen LogP contribution in [0.1, 0.15) is 66.7 Å². The molecule has 0 aromatic rings. The lowest BCUT2D eigenvalue weighted by Gasteiger charge is -2.35. The second kappa shape index (κ2) is 12.0. The van der Waals surface area contributed by atoms with Crippen molar-refractivity contribution >= 4 is 0 Å². The minimum absolute atomic E-state index is 0.703. The highest BCUT2D eigenvalue weighted by Crippen LogP contribution is 2.13. The summed E-state index contributed by atoms with van der Waals surface area (Å²) in [5.41, 5.74) is 0. The van der Waals surface area contributed by atoms with Crippen LogP contribution in [0.2, 0.25) is 0 Å². The Morgan fingerprint density at radius 3 is 1.83 bits per heavy atom. The molecule has 0 aromatic carbocycles. The molecule has 1 unspecified atom stereocenters. The molecule has 0 saturated heterocycles. The Morgan fingerprint density at radius 1 is 0.889 bits per heavy atom. The zero-order valence-electron chi connectivity index (χ0n) is 13.5. The molecular formula is C16H36N2. The predicted octanol–water partition coefficient (Wildman–Crippen LogP) is 3.91. The summed E-state index contributed by atoms with van der Waals surface area (Å²) in [6, 6.07) is 0.703. The average Bonchev–Trinajstić information content (AvgIpc) is 2.35. The highest BCUT2D eigenvalue weighted by molar-refractivity contribution is 4.77. The molecule has 0 aromatic heterocycles. The van der Waals surface area contributed by atoms with Crippen molar-refractivity contribution in [2.75, 3.05) is 26.2 Å². The number of nitrogens with one attached hydrogen (secondary N) is 1. The largest absolute Gasteiger partial charge is 0.315 e. The van der Waals surface area contributed by atoms with Gasteiger partial charge in [-0.2, -0.15) is 0 Å². The van der Waals surface area contributed by atoms with Crippen LogP contribution < -0.4 is 5.32 Å². The zero-order valence-corrected chi connectivity index (χ0v) is 13.5. The van der Waals surface area contributed by atoms with Gasteiger partial charge in [-0.1, -0.05) is 47.5 Å². The van der Waals surface area contributed by atoms with Crippen LogP contribution in [0.25, 0.3) is 0 Å². The Balaban J connectivity index is 4.31. The highest BCUT2D eigenvalue weighted by Gasteiger charge is 2.20. The molecule has 110 valence electrons. The topological polar surface area (TPSA) is 15.3 Å². The van der Waals surface area contributed by atoms with E-state index in [0.29, 0.717) is 6.04 Å². The molecule has 1 atom stereocenters. The van der Waals surface area contributed by atoms with Gasteiger partial charge in [-0.15, -0.1) is 0 Å². The lowest BCUT2D eigenvalue weighted by atomic mass is 10.0. The molecule has 2 nitrogen and oxygen atoms in total. The van der Waals surface area contributed by atoms with Crippen molar-refractivity contribution in [2.45, 2.75) is 72.8 Å². The molecule has 0 amide bonds. The minimum atomic E-state index is 0.703. The first-order valence-corrected chi connectivity index (χ1v) is 8.12. The van der Waals surface area contributed by atoms with Crippen molar-refractivity contribution < 1.29 is 0 Å². The van der Waals surface area contributed by atoms with E-state index in [1.54, 1.807) is 0 Å². The second-order valence-corrected chi connectivity index (χ2v) is 5.76. The van der Waals surface area contributed by atoms with Gasteiger partial charge < -0.3 is 5.32 Å². The van der Waals surface area contributed by atoms with Gasteiger partial charge in [0.05, 0.1) is 0 Å². The normalized spacial score (nSPS) is 13.5. The molecule has 0 bridgehead atoms. The average molecular weight is 256 g/mol. The van der Waals surface area contributed by atoms with Gasteiger partial charge in [0, 0.05) is 12.6 Å². The summed E-state index contributed by atoms with van der Waals surface area (Å²) in [5.74, 6) is 0.739. The predicted molar refractivity (Wildman–Crippen MR) is 83.2 cm³/mol. The van der Waals surface area contributed by atoms with Crippen LogP contribution >= 0.6 is 0 Å². The number of rotatable bonds is 12. The van der Waals surface area contributed by atoms with Crippen LogP contribution in [0.4, 0.5) is 0 Å². The van der Waals surface area contributed by atoms with Gasteiger partial charge in [0.25, 0.3) is 0 Å². The van der Waals surface area contributed by atoms with Crippen molar-refractivity contribution in [3.63, 3.8) is 0 Å². The number of hydrogen-bond acceptors (Lipinski definition) is 2. The Morgan fingerprint density at radius 2 is 1.44 bits per heavy atom. The van der Waals surface area contributed by atoms with Gasteiger partial charge in [0.15, 0.2) is 0 Å². The quantitative estimate of drug-likeness (QED) is 0.533. The molecule has 18 heavy (non-hydrogen) atoms. The van der Waals surface area contributed by atoms with Gasteiger partial charge in [-0.05, 0) is 44.8 Å². The fraction of sp³-hybridized carbons (Fsp3) is 1.00. The van der Waals surface area contributed by atoms with Crippen molar-refractivity contribution in [2.24, 2.45) is 5.92 Å². The van der Waals surface area contributed by atoms with Crippen LogP contribution in [0, 0.1) is 5.92 Å². The lowest BCUT2D eigenvalue weighted by Crippen LogP contribution is -2.46. The standard InChI is InChI=1S/C16H36N2/c1-6-9-12-18(13-10-7-2)16(15(4)5)14-17-11-8-3/h15-17H,6-14H2,1-5H3. The minimum Gasteiger partial charge on any atom is -0.315 e. The summed E-state index contributed by atoms with van der Waals surface area (Å²) in [6.45, 7) is 16.4. The molecule has 1 N–H and O–H groups in total. The monoisotopic (exact) mass is 256 g/mol. The van der Waals surface area contributed by atoms with E-state index in [4.69, 9.17) is 0 Å². The summed E-state index contributed by atoms with van der Waals surface area (Å²) in [7, 11) is 0. The third kappa shape index (κ3) is 8.10. The number of hydrogen-bond donors (Lipinski definition) is 1. The third-order valence-electron chi connectivity index (χ3n) is 3.62. The third-order valence-corrected chi connectivity index (χ3v) is 3.62. The van der Waals surface area contributed by atoms with Crippen LogP contribution in [0.15, 0.2) is 0 Å². The van der Waals surface area contributed by atoms with Crippen LogP contribution in [-0.2, 0) is 0 Å². The lowest BCUT2D eigenvalue weighted by molar-refractivity contribution is 0.147. The summed E-state index contributed by atoms with van der Waals surface area (Å²) < 4.78 is 0. The summed E-state index contributed by atoms with van der Waals surface area (Å²) >= 11 is 0. The van der Waals surface area contributed by atoms with Crippen molar-refractivity contribution in [1.82, 2.24) is 10.2 Å². The fourth-order valence-electron chi connectivity index (χ4n) is 2.38. The van der Waals surface area contributed by atoms with E-state index >= 15 is 0 Å². The molecule has 0 fully saturated rings. The molecule has 0 heterocycles. The first kappa shape index (κ1) is 17.9. The van der Waals surface area contributed by atoms with Gasteiger partial charge >= 0.3 is 0 Å². The van der Waals surface area contributed by atoms with E-state index < -0.39 is 0 Å². The first-order chi connectivity index (χ1) is 8.67. The maximum atomic E-state index is 3.61. The molecule has 0 radical (unpaired) electrons. The van der Waals surface area contributed by atoms with E-state index in [1.165, 1.54) is 45.2 Å². The Bertz CT molecular complexity index is 160. The Labute approximate surface area is 116 Å². The number of nitrogens with zero attached hydrogens (tertiary/aromatic N) is 1. The summed E-state index contributed by atoms with van der Waals surface area (Å²) in [6.07, 6.45) is 6.50. The van der Waals surface area contributed by atoms with Crippen molar-refractivity contribution in [3.05, 3.63) is 0 Å². The second-order valence-electron chi connectivity index (χ2n) is 5.76. The van der Waals surface area contributed by atoms with Crippen molar-refractivity contribution in [1.29, 1.82) is 0 Å². The summed E-state index contributed by atoms with van der Waals surface area (Å²) in [4.78, 5) is 2.72. The first-order valence-electron chi connectivity index (χ1n) is 8.12. The zero-order chi connectivity index (χ0) is 13.8. The van der Waals surface area contributed by atoms with E-state index in [9.17, 15) is 0 Å². The van der Waals surface area contributed by atoms with Gasteiger partial charge in [0.2, 0.25) is 0 Å². The van der Waals surface area contributed by atoms with Gasteiger partial charge in [-0.3, -0.25) is 4.90 Å². The Hall–Kier alpha value is -0.0800. The van der Waals surface area contributed by atoms with Crippen LogP contribution in [0.5, 0.6) is 0 Å². The van der Waals surface area contributed by atoms with Crippen LogP contribution in [0.3, 0.4) is 0 Å². The van der Waals surface area contributed by atoms with Crippen molar-refractivity contribution in [3.8, 4) is 0 Å².